The van der Waals surface area contributed by atoms with E-state index in [0.29, 0.717) is 39.1 Å². The van der Waals surface area contributed by atoms with Crippen LogP contribution in [-0.2, 0) is 26.5 Å². The van der Waals surface area contributed by atoms with Crippen LogP contribution in [0.25, 0.3) is 83.9 Å². The monoisotopic (exact) mass is 968 g/mol. The summed E-state index contributed by atoms with van der Waals surface area (Å²) in [6.45, 7) is 9.87. The summed E-state index contributed by atoms with van der Waals surface area (Å²) in [5.41, 5.74) is 8.04. The number of fused-ring (bicyclic) bond motifs is 1. The van der Waals surface area contributed by atoms with Crippen LogP contribution in [0.2, 0.25) is 0 Å². The molecule has 0 saturated heterocycles. The molecule has 2 aromatic heterocycles. The largest absolute Gasteiger partial charge is 0.507 e. The minimum atomic E-state index is -0.992. The average molecular weight is 969 g/mol. The summed E-state index contributed by atoms with van der Waals surface area (Å²) in [6, 6.07) is 40.4. The molecule has 0 spiro atoms. The Labute approximate surface area is 380 Å². The van der Waals surface area contributed by atoms with Crippen molar-refractivity contribution in [3.05, 3.63) is 193 Å². The third-order valence-electron chi connectivity index (χ3n) is 10.5. The van der Waals surface area contributed by atoms with Crippen molar-refractivity contribution >= 4 is 11.0 Å². The molecule has 0 bridgehead atoms. The maximum Gasteiger partial charge on any atom is 0.148 e. The van der Waals surface area contributed by atoms with Crippen LogP contribution in [-0.4, -0.2) is 19.6 Å². The summed E-state index contributed by atoms with van der Waals surface area (Å²) in [5, 5.41) is 11.6. The molecule has 0 amide bonds. The molecule has 9 rings (SSSR count). The van der Waals surface area contributed by atoms with Gasteiger partial charge >= 0.3 is 0 Å². The molecule has 1 N–H and O–H groups in total. The molecular weight excluding hydrogens is 914 g/mol. The number of hydrogen-bond donors (Lipinski definition) is 1. The Hall–Kier alpha value is -6.35. The molecule has 0 aliphatic carbocycles. The van der Waals surface area contributed by atoms with E-state index in [0.717, 1.165) is 39.1 Å². The molecule has 0 aliphatic heterocycles. The second-order valence-corrected chi connectivity index (χ2v) is 15.8. The van der Waals surface area contributed by atoms with Crippen molar-refractivity contribution in [2.45, 2.75) is 45.9 Å². The molecule has 9 aromatic rings. The van der Waals surface area contributed by atoms with E-state index >= 15 is 0 Å². The number of phenolic OH excluding ortho intramolecular Hbond substituents is 1. The first kappa shape index (κ1) is 30.7. The summed E-state index contributed by atoms with van der Waals surface area (Å²) in [6.07, 6.45) is -0.536. The zero-order valence-electron chi connectivity index (χ0n) is 42.7. The third-order valence-corrected chi connectivity index (χ3v) is 10.5. The second kappa shape index (κ2) is 16.7. The third kappa shape index (κ3) is 7.76. The fourth-order valence-electron chi connectivity index (χ4n) is 7.52. The number of hydrogen-bond acceptors (Lipinski definition) is 3. The molecule has 4 nitrogen and oxygen atoms in total. The van der Waals surface area contributed by atoms with Crippen LogP contribution >= 0.6 is 0 Å². The van der Waals surface area contributed by atoms with Crippen molar-refractivity contribution < 1.29 is 38.5 Å². The van der Waals surface area contributed by atoms with Gasteiger partial charge in [-0.25, -0.2) is 4.98 Å². The number of pyridine rings is 1. The number of rotatable bonds is 8. The molecule has 5 heteroatoms. The first-order valence-corrected chi connectivity index (χ1v) is 19.5. The van der Waals surface area contributed by atoms with Gasteiger partial charge in [-0.15, -0.1) is 29.3 Å². The number of para-hydroxylation sites is 2. The number of imidazole rings is 1. The van der Waals surface area contributed by atoms with Gasteiger partial charge in [-0.2, -0.15) is 0 Å². The van der Waals surface area contributed by atoms with Crippen LogP contribution in [0.4, 0.5) is 0 Å². The van der Waals surface area contributed by atoms with Crippen molar-refractivity contribution in [3.63, 3.8) is 0 Å². The predicted molar refractivity (Wildman–Crippen MR) is 245 cm³/mol. The van der Waals surface area contributed by atoms with Gasteiger partial charge in [0.25, 0.3) is 0 Å². The summed E-state index contributed by atoms with van der Waals surface area (Å²) in [7, 11) is 0. The average Bonchev–Trinajstić information content (AvgIpc) is 3.71. The first-order valence-electron chi connectivity index (χ1n) is 24.0. The van der Waals surface area contributed by atoms with Gasteiger partial charge in [0.15, 0.2) is 0 Å². The van der Waals surface area contributed by atoms with Crippen LogP contribution in [0.3, 0.4) is 0 Å². The maximum atomic E-state index is 11.6. The quantitative estimate of drug-likeness (QED) is 0.154. The fraction of sp³-hybridized carbons (Fsp3) is 0.127. The van der Waals surface area contributed by atoms with E-state index in [-0.39, 0.29) is 49.7 Å². The molecule has 2 heterocycles. The van der Waals surface area contributed by atoms with Crippen LogP contribution < -0.4 is 0 Å². The molecular formula is C55H46N3OPt-. The fourth-order valence-corrected chi connectivity index (χ4v) is 7.52. The van der Waals surface area contributed by atoms with E-state index in [2.05, 4.69) is 23.2 Å². The van der Waals surface area contributed by atoms with Crippen molar-refractivity contribution in [2.24, 2.45) is 0 Å². The number of benzene rings is 7. The van der Waals surface area contributed by atoms with E-state index < -0.39 is 53.7 Å². The molecule has 7 aromatic carbocycles. The SMILES string of the molecule is [2H]c1nc(-c2[c-]c(-c3cccc4c3nc(-c3ccccc3O)n4-c3cc(-c4ccccc4)c(C([2H])(C)C)cc3-c3ccccc3)cc(C(C)(C)C)c2)c([2H])c(-c2c([2H])c([2H])c([2H])c([2H])c2[2H])c1[2H].[Pt]. The second-order valence-electron chi connectivity index (χ2n) is 15.8. The number of aromatic hydroxyl groups is 1. The zero-order chi connectivity index (χ0) is 48.6. The van der Waals surface area contributed by atoms with Gasteiger partial charge in [0, 0.05) is 39.9 Å². The van der Waals surface area contributed by atoms with E-state index in [9.17, 15) is 7.85 Å². The van der Waals surface area contributed by atoms with Crippen molar-refractivity contribution in [3.8, 4) is 78.6 Å². The smallest absolute Gasteiger partial charge is 0.148 e. The first-order chi connectivity index (χ1) is 32.3. The molecule has 0 atom stereocenters. The van der Waals surface area contributed by atoms with E-state index in [1.54, 1.807) is 12.1 Å². The van der Waals surface area contributed by atoms with Crippen LogP contribution in [0.1, 0.15) is 64.0 Å². The normalized spacial score (nSPS) is 13.8. The Morgan fingerprint density at radius 1 is 0.667 bits per heavy atom. The van der Waals surface area contributed by atoms with Gasteiger partial charge in [0.05, 0.1) is 33.3 Å². The molecule has 0 radical (unpaired) electrons. The molecule has 0 saturated carbocycles. The molecule has 0 aliphatic rings. The van der Waals surface area contributed by atoms with Crippen LogP contribution in [0.5, 0.6) is 5.75 Å². The van der Waals surface area contributed by atoms with Crippen molar-refractivity contribution in [2.75, 3.05) is 0 Å². The maximum absolute atomic E-state index is 11.6. The molecule has 0 unspecified atom stereocenters. The van der Waals surface area contributed by atoms with Gasteiger partial charge < -0.3 is 5.11 Å². The van der Waals surface area contributed by atoms with E-state index in [4.69, 9.17) is 14.6 Å². The Kier molecular flexibility index (Phi) is 8.54. The topological polar surface area (TPSA) is 50.9 Å². The number of phenols is 1. The number of nitrogens with zero attached hydrogens (tertiary/aromatic N) is 3. The predicted octanol–water partition coefficient (Wildman–Crippen LogP) is 14.3. The Balaban J connectivity index is 0.00000642. The van der Waals surface area contributed by atoms with Crippen molar-refractivity contribution in [1.29, 1.82) is 0 Å². The van der Waals surface area contributed by atoms with Gasteiger partial charge in [-0.3, -0.25) is 9.55 Å². The summed E-state index contributed by atoms with van der Waals surface area (Å²) in [5.74, 6) is -0.514. The molecule has 0 fully saturated rings. The molecule has 60 heavy (non-hydrogen) atoms. The van der Waals surface area contributed by atoms with Gasteiger partial charge in [0.1, 0.15) is 11.6 Å². The van der Waals surface area contributed by atoms with E-state index in [1.165, 1.54) is 0 Å². The molecule has 298 valence electrons. The minimum Gasteiger partial charge on any atom is -0.507 e. The van der Waals surface area contributed by atoms with Crippen LogP contribution in [0.15, 0.2) is 176 Å². The Morgan fingerprint density at radius 3 is 2.00 bits per heavy atom. The van der Waals surface area contributed by atoms with Gasteiger partial charge in [-0.05, 0) is 81.1 Å². The standard InChI is InChI=1S/C55H46N3O.Pt/c1-36(2)46-34-48(39-22-13-8-14-23-39)51(35-47(46)38-20-11-7-12-21-38)58-50-26-17-25-44(53(50)57-54(58)45-24-15-16-27-52(45)59)41-30-42(32-43(31-41)55(3,4)5)49-33-40(28-29-56-49)37-18-9-6-10-19-37;/h6-29,31-36,59H,1-5H3;/q-1;/i6D,9D,10D,18D,19D,28D,29D,33D,36D;. The minimum absolute atomic E-state index is 0. The number of aromatic nitrogens is 3. The van der Waals surface area contributed by atoms with E-state index in [1.807, 2.05) is 142 Å². The Bertz CT molecular complexity index is 3450. The summed E-state index contributed by atoms with van der Waals surface area (Å²) in [4.78, 5) is 9.81. The van der Waals surface area contributed by atoms with Gasteiger partial charge in [0.2, 0.25) is 0 Å². The Morgan fingerprint density at radius 2 is 1.32 bits per heavy atom. The van der Waals surface area contributed by atoms with Crippen LogP contribution in [0, 0.1) is 6.07 Å². The van der Waals surface area contributed by atoms with Gasteiger partial charge in [-0.1, -0.05) is 167 Å². The summed E-state index contributed by atoms with van der Waals surface area (Å²) < 4.78 is 80.7. The zero-order valence-corrected chi connectivity index (χ0v) is 36.0. The van der Waals surface area contributed by atoms with Crippen molar-refractivity contribution in [1.82, 2.24) is 14.5 Å². The summed E-state index contributed by atoms with van der Waals surface area (Å²) >= 11 is 0.